The number of nitrogens with zero attached hydrogens (tertiary/aromatic N) is 2. The van der Waals surface area contributed by atoms with E-state index in [1.807, 2.05) is 0 Å². The zero-order chi connectivity index (χ0) is 21.6. The predicted molar refractivity (Wildman–Crippen MR) is 134 cm³/mol. The van der Waals surface area contributed by atoms with E-state index in [1.54, 1.807) is 0 Å². The summed E-state index contributed by atoms with van der Waals surface area (Å²) in [5.41, 5.74) is 6.55. The van der Waals surface area contributed by atoms with Gasteiger partial charge in [-0.25, -0.2) is 0 Å². The summed E-state index contributed by atoms with van der Waals surface area (Å²) >= 11 is 0. The first-order valence-electron chi connectivity index (χ1n) is 11.3. The molecule has 0 bridgehead atoms. The molecule has 0 atom stereocenters. The summed E-state index contributed by atoms with van der Waals surface area (Å²) in [6, 6.07) is 43.3. The molecule has 0 aliphatic carbocycles. The van der Waals surface area contributed by atoms with Crippen LogP contribution in [0, 0.1) is 0 Å². The normalized spacial score (nSPS) is 11.3. The van der Waals surface area contributed by atoms with Crippen LogP contribution in [0.15, 0.2) is 121 Å². The standard InChI is InChI=1S/C30H28N2/c1-4-12-25(13-5-1)23-31(24-26-14-6-2-7-15-26)20-21-32-29-19-11-10-18-28(29)22-30(32)27-16-8-3-9-17-27/h1-19,22H,20-21,23-24H2. The van der Waals surface area contributed by atoms with Gasteiger partial charge in [0.2, 0.25) is 0 Å². The number of rotatable bonds is 8. The van der Waals surface area contributed by atoms with Gasteiger partial charge in [0.25, 0.3) is 0 Å². The summed E-state index contributed by atoms with van der Waals surface area (Å²) in [5, 5.41) is 1.30. The van der Waals surface area contributed by atoms with Gasteiger partial charge in [0.1, 0.15) is 0 Å². The molecule has 2 heteroatoms. The van der Waals surface area contributed by atoms with Crippen molar-refractivity contribution in [3.8, 4) is 11.3 Å². The second kappa shape index (κ2) is 9.67. The molecule has 5 aromatic rings. The van der Waals surface area contributed by atoms with Crippen LogP contribution in [0.1, 0.15) is 11.1 Å². The van der Waals surface area contributed by atoms with E-state index < -0.39 is 0 Å². The summed E-state index contributed by atoms with van der Waals surface area (Å²) < 4.78 is 2.48. The van der Waals surface area contributed by atoms with Crippen molar-refractivity contribution >= 4 is 10.9 Å². The van der Waals surface area contributed by atoms with Crippen LogP contribution in [-0.4, -0.2) is 16.0 Å². The molecular weight excluding hydrogens is 388 g/mol. The fourth-order valence-corrected chi connectivity index (χ4v) is 4.44. The molecule has 0 aliphatic heterocycles. The van der Waals surface area contributed by atoms with Crippen molar-refractivity contribution in [2.24, 2.45) is 0 Å². The maximum atomic E-state index is 2.55. The monoisotopic (exact) mass is 416 g/mol. The van der Waals surface area contributed by atoms with E-state index in [0.717, 1.165) is 26.2 Å². The fourth-order valence-electron chi connectivity index (χ4n) is 4.44. The first kappa shape index (κ1) is 20.3. The largest absolute Gasteiger partial charge is 0.339 e. The highest BCUT2D eigenvalue weighted by Gasteiger charge is 2.13. The van der Waals surface area contributed by atoms with Gasteiger partial charge in [0.05, 0.1) is 0 Å². The van der Waals surface area contributed by atoms with Crippen LogP contribution in [0.5, 0.6) is 0 Å². The second-order valence-corrected chi connectivity index (χ2v) is 8.29. The molecule has 0 amide bonds. The molecular formula is C30H28N2. The molecule has 5 rings (SSSR count). The number of aromatic nitrogens is 1. The van der Waals surface area contributed by atoms with E-state index in [1.165, 1.54) is 33.3 Å². The molecule has 0 N–H and O–H groups in total. The van der Waals surface area contributed by atoms with Crippen LogP contribution in [0.3, 0.4) is 0 Å². The van der Waals surface area contributed by atoms with Crippen molar-refractivity contribution in [1.82, 2.24) is 9.47 Å². The Morgan fingerprint density at radius 3 is 1.72 bits per heavy atom. The Morgan fingerprint density at radius 2 is 1.09 bits per heavy atom. The molecule has 0 spiro atoms. The van der Waals surface area contributed by atoms with E-state index in [0.29, 0.717) is 0 Å². The highest BCUT2D eigenvalue weighted by Crippen LogP contribution is 2.28. The molecule has 0 aliphatic rings. The predicted octanol–water partition coefficient (Wildman–Crippen LogP) is 7.01. The van der Waals surface area contributed by atoms with Crippen molar-refractivity contribution < 1.29 is 0 Å². The molecule has 1 aromatic heterocycles. The zero-order valence-corrected chi connectivity index (χ0v) is 18.3. The lowest BCUT2D eigenvalue weighted by Gasteiger charge is -2.24. The number of hydrogen-bond donors (Lipinski definition) is 0. The smallest absolute Gasteiger partial charge is 0.0491 e. The van der Waals surface area contributed by atoms with Crippen molar-refractivity contribution in [2.75, 3.05) is 6.54 Å². The van der Waals surface area contributed by atoms with Gasteiger partial charge < -0.3 is 4.57 Å². The third kappa shape index (κ3) is 4.66. The van der Waals surface area contributed by atoms with Crippen molar-refractivity contribution in [3.63, 3.8) is 0 Å². The van der Waals surface area contributed by atoms with Gasteiger partial charge in [-0.05, 0) is 28.8 Å². The Bertz CT molecular complexity index is 1220. The van der Waals surface area contributed by atoms with Gasteiger partial charge in [-0.3, -0.25) is 4.90 Å². The van der Waals surface area contributed by atoms with Gasteiger partial charge in [0, 0.05) is 42.8 Å². The molecule has 158 valence electrons. The van der Waals surface area contributed by atoms with E-state index in [2.05, 4.69) is 131 Å². The molecule has 0 saturated carbocycles. The van der Waals surface area contributed by atoms with Crippen LogP contribution in [0.25, 0.3) is 22.2 Å². The molecule has 0 fully saturated rings. The average molecular weight is 417 g/mol. The lowest BCUT2D eigenvalue weighted by atomic mass is 10.1. The molecule has 0 saturated heterocycles. The van der Waals surface area contributed by atoms with E-state index in [9.17, 15) is 0 Å². The van der Waals surface area contributed by atoms with Gasteiger partial charge in [-0.2, -0.15) is 0 Å². The minimum Gasteiger partial charge on any atom is -0.339 e. The maximum absolute atomic E-state index is 2.55. The summed E-state index contributed by atoms with van der Waals surface area (Å²) in [6.07, 6.45) is 0. The number of fused-ring (bicyclic) bond motifs is 1. The van der Waals surface area contributed by atoms with E-state index in [-0.39, 0.29) is 0 Å². The Morgan fingerprint density at radius 1 is 0.562 bits per heavy atom. The lowest BCUT2D eigenvalue weighted by Crippen LogP contribution is -2.27. The topological polar surface area (TPSA) is 8.17 Å². The minimum atomic E-state index is 0.940. The quantitative estimate of drug-likeness (QED) is 0.264. The Hall–Kier alpha value is -3.62. The molecule has 4 aromatic carbocycles. The van der Waals surface area contributed by atoms with Crippen molar-refractivity contribution in [2.45, 2.75) is 19.6 Å². The molecule has 32 heavy (non-hydrogen) atoms. The third-order valence-electron chi connectivity index (χ3n) is 6.02. The maximum Gasteiger partial charge on any atom is 0.0491 e. The van der Waals surface area contributed by atoms with Gasteiger partial charge in [-0.1, -0.05) is 109 Å². The first-order chi connectivity index (χ1) is 15.9. The summed E-state index contributed by atoms with van der Waals surface area (Å²) in [5.74, 6) is 0. The van der Waals surface area contributed by atoms with Crippen LogP contribution >= 0.6 is 0 Å². The SMILES string of the molecule is c1ccc(CN(CCn2c(-c3ccccc3)cc3ccccc32)Cc2ccccc2)cc1. The van der Waals surface area contributed by atoms with Crippen LogP contribution in [0.2, 0.25) is 0 Å². The number of benzene rings is 4. The van der Waals surface area contributed by atoms with Gasteiger partial charge in [0.15, 0.2) is 0 Å². The third-order valence-corrected chi connectivity index (χ3v) is 6.02. The Labute approximate surface area is 190 Å². The highest BCUT2D eigenvalue weighted by atomic mass is 15.1. The fraction of sp³-hybridized carbons (Fsp3) is 0.133. The lowest BCUT2D eigenvalue weighted by molar-refractivity contribution is 0.247. The van der Waals surface area contributed by atoms with Crippen LogP contribution < -0.4 is 0 Å². The second-order valence-electron chi connectivity index (χ2n) is 8.29. The molecule has 0 radical (unpaired) electrons. The summed E-state index contributed by atoms with van der Waals surface area (Å²) in [6.45, 7) is 3.80. The molecule has 1 heterocycles. The average Bonchev–Trinajstić information content (AvgIpc) is 3.23. The summed E-state index contributed by atoms with van der Waals surface area (Å²) in [4.78, 5) is 2.55. The Balaban J connectivity index is 1.44. The van der Waals surface area contributed by atoms with E-state index >= 15 is 0 Å². The first-order valence-corrected chi connectivity index (χ1v) is 11.3. The van der Waals surface area contributed by atoms with Gasteiger partial charge >= 0.3 is 0 Å². The summed E-state index contributed by atoms with van der Waals surface area (Å²) in [7, 11) is 0. The van der Waals surface area contributed by atoms with Crippen LogP contribution in [0.4, 0.5) is 0 Å². The van der Waals surface area contributed by atoms with Crippen molar-refractivity contribution in [3.05, 3.63) is 132 Å². The number of para-hydroxylation sites is 1. The molecule has 0 unspecified atom stereocenters. The van der Waals surface area contributed by atoms with Gasteiger partial charge in [-0.15, -0.1) is 0 Å². The zero-order valence-electron chi connectivity index (χ0n) is 18.3. The van der Waals surface area contributed by atoms with Crippen LogP contribution in [-0.2, 0) is 19.6 Å². The molecule has 2 nitrogen and oxygen atoms in total. The van der Waals surface area contributed by atoms with E-state index in [4.69, 9.17) is 0 Å². The minimum absolute atomic E-state index is 0.940. The Kier molecular flexibility index (Phi) is 6.13. The highest BCUT2D eigenvalue weighted by molar-refractivity contribution is 5.87. The number of hydrogen-bond acceptors (Lipinski definition) is 1. The van der Waals surface area contributed by atoms with Crippen molar-refractivity contribution in [1.29, 1.82) is 0 Å².